The van der Waals surface area contributed by atoms with Crippen molar-refractivity contribution < 1.29 is 23.8 Å². The molecule has 0 aromatic heterocycles. The molecule has 3 saturated carbocycles. The van der Waals surface area contributed by atoms with Gasteiger partial charge in [0.05, 0.1) is 17.3 Å². The average molecular weight is 731 g/mol. The fraction of sp³-hybridized carbons (Fsp3) is 0.792. The van der Waals surface area contributed by atoms with Crippen LogP contribution in [0.5, 0.6) is 0 Å². The van der Waals surface area contributed by atoms with Crippen LogP contribution in [0.25, 0.3) is 0 Å². The Morgan fingerprint density at radius 3 is 2.25 bits per heavy atom. The molecule has 1 aromatic carbocycles. The molecule has 14 atom stereocenters. The number of ketones is 1. The summed E-state index contributed by atoms with van der Waals surface area (Å²) in [7, 11) is 0. The van der Waals surface area contributed by atoms with Gasteiger partial charge in [-0.1, -0.05) is 99.9 Å². The average Bonchev–Trinajstić information content (AvgIpc) is 3.40. The Morgan fingerprint density at radius 1 is 0.906 bits per heavy atom. The standard InChI is InChI=1S/C48H74O5/c1-14-39-32(5)31(4)33(6)43(51-39)53-44(7,8)23-22-41(52-42(50)34-18-16-15-17-19-34)45(9,10)40-21-25-47(12)36-27-38(49)37-26-29(2)30(3)28-46(37,11)35(36)20-24-48(40,47)13/h15-19,27,29-33,35,37,39-41,43H,14,20-26,28H2,1-13H3/t29-,30+,31?,32?,33?,35?,37+,39?,40-,41-,43?,46-,47+,48-/m1/s1. The lowest BCUT2D eigenvalue weighted by Gasteiger charge is -2.62. The van der Waals surface area contributed by atoms with Crippen LogP contribution in [0.4, 0.5) is 0 Å². The maximum Gasteiger partial charge on any atom is 0.338 e. The van der Waals surface area contributed by atoms with Crippen LogP contribution in [0.15, 0.2) is 42.0 Å². The Labute approximate surface area is 323 Å². The largest absolute Gasteiger partial charge is 0.458 e. The van der Waals surface area contributed by atoms with E-state index in [9.17, 15) is 9.59 Å². The van der Waals surface area contributed by atoms with Crippen LogP contribution in [-0.4, -0.2) is 35.9 Å². The van der Waals surface area contributed by atoms with Gasteiger partial charge in [0, 0.05) is 17.3 Å². The van der Waals surface area contributed by atoms with Crippen LogP contribution in [0, 0.1) is 69.0 Å². The third kappa shape index (κ3) is 6.93. The van der Waals surface area contributed by atoms with E-state index < -0.39 is 5.60 Å². The molecule has 6 unspecified atom stereocenters. The third-order valence-electron chi connectivity index (χ3n) is 17.3. The summed E-state index contributed by atoms with van der Waals surface area (Å²) in [6.45, 7) is 30.4. The van der Waals surface area contributed by atoms with Crippen LogP contribution >= 0.6 is 0 Å². The van der Waals surface area contributed by atoms with E-state index in [1.165, 1.54) is 5.57 Å². The van der Waals surface area contributed by atoms with E-state index in [0.29, 0.717) is 59.2 Å². The SMILES string of the molecule is CCC1OC(OC(C)(C)CC[C@@H](OC(=O)c2ccccc2)C(C)(C)[C@H]2CC[C@@]3(C)C4=CC(=O)[C@@H]5C[C@@H](C)[C@@H](C)C[C@]5(C)C4CC[C@]23C)C(C)C(C)C1C. The molecule has 0 bridgehead atoms. The highest BCUT2D eigenvalue weighted by Gasteiger charge is 2.67. The van der Waals surface area contributed by atoms with Gasteiger partial charge in [-0.25, -0.2) is 4.79 Å². The van der Waals surface area contributed by atoms with Gasteiger partial charge < -0.3 is 14.2 Å². The van der Waals surface area contributed by atoms with Gasteiger partial charge in [0.25, 0.3) is 0 Å². The van der Waals surface area contributed by atoms with E-state index in [0.717, 1.165) is 51.4 Å². The number of esters is 1. The summed E-state index contributed by atoms with van der Waals surface area (Å²) in [5.74, 6) is 3.59. The van der Waals surface area contributed by atoms with Crippen LogP contribution in [0.3, 0.4) is 0 Å². The predicted octanol–water partition coefficient (Wildman–Crippen LogP) is 11.9. The predicted molar refractivity (Wildman–Crippen MR) is 214 cm³/mol. The summed E-state index contributed by atoms with van der Waals surface area (Å²) < 4.78 is 20.1. The van der Waals surface area contributed by atoms with E-state index in [4.69, 9.17) is 14.2 Å². The number of ether oxygens (including phenoxy) is 3. The second-order valence-electron chi connectivity index (χ2n) is 20.9. The molecule has 4 aliphatic carbocycles. The molecule has 6 rings (SSSR count). The van der Waals surface area contributed by atoms with Crippen molar-refractivity contribution in [2.45, 2.75) is 172 Å². The second-order valence-corrected chi connectivity index (χ2v) is 20.9. The van der Waals surface area contributed by atoms with Gasteiger partial charge >= 0.3 is 5.97 Å². The molecule has 5 aliphatic rings. The van der Waals surface area contributed by atoms with E-state index in [2.05, 4.69) is 96.1 Å². The minimum Gasteiger partial charge on any atom is -0.458 e. The topological polar surface area (TPSA) is 61.8 Å². The van der Waals surface area contributed by atoms with Crippen molar-refractivity contribution in [2.75, 3.05) is 0 Å². The summed E-state index contributed by atoms with van der Waals surface area (Å²) in [6, 6.07) is 9.47. The third-order valence-corrected chi connectivity index (χ3v) is 17.3. The first-order chi connectivity index (χ1) is 24.7. The van der Waals surface area contributed by atoms with Crippen molar-refractivity contribution >= 4 is 11.8 Å². The van der Waals surface area contributed by atoms with E-state index in [-0.39, 0.29) is 52.0 Å². The molecule has 1 heterocycles. The maximum absolute atomic E-state index is 14.1. The number of rotatable bonds is 10. The molecule has 53 heavy (non-hydrogen) atoms. The number of carbonyl (C=O) groups is 2. The Balaban J connectivity index is 1.27. The molecule has 0 N–H and O–H groups in total. The van der Waals surface area contributed by atoms with Gasteiger partial charge in [-0.3, -0.25) is 4.79 Å². The van der Waals surface area contributed by atoms with Crippen LogP contribution in [0.1, 0.15) is 158 Å². The van der Waals surface area contributed by atoms with Crippen LogP contribution in [-0.2, 0) is 19.0 Å². The summed E-state index contributed by atoms with van der Waals surface area (Å²) >= 11 is 0. The highest BCUT2D eigenvalue weighted by Crippen LogP contribution is 2.73. The first kappa shape index (κ1) is 40.7. The molecule has 0 amide bonds. The van der Waals surface area contributed by atoms with E-state index >= 15 is 0 Å². The zero-order valence-corrected chi connectivity index (χ0v) is 35.7. The molecule has 1 saturated heterocycles. The van der Waals surface area contributed by atoms with Gasteiger partial charge in [-0.15, -0.1) is 0 Å². The minimum absolute atomic E-state index is 0.0212. The maximum atomic E-state index is 14.1. The molecular weight excluding hydrogens is 657 g/mol. The number of hydrogen-bond donors (Lipinski definition) is 0. The lowest BCUT2D eigenvalue weighted by Crippen LogP contribution is -2.57. The smallest absolute Gasteiger partial charge is 0.338 e. The molecule has 0 spiro atoms. The first-order valence-electron chi connectivity index (χ1n) is 21.6. The molecule has 0 radical (unpaired) electrons. The number of allylic oxidation sites excluding steroid dienone is 2. The number of fused-ring (bicyclic) bond motifs is 5. The van der Waals surface area contributed by atoms with E-state index in [1.54, 1.807) is 0 Å². The molecule has 1 aromatic rings. The van der Waals surface area contributed by atoms with Crippen LogP contribution in [0.2, 0.25) is 0 Å². The van der Waals surface area contributed by atoms with Crippen molar-refractivity contribution in [3.8, 4) is 0 Å². The number of benzene rings is 1. The van der Waals surface area contributed by atoms with Crippen molar-refractivity contribution in [1.29, 1.82) is 0 Å². The quantitative estimate of drug-likeness (QED) is 0.224. The van der Waals surface area contributed by atoms with Crippen molar-refractivity contribution in [3.63, 3.8) is 0 Å². The molecule has 5 nitrogen and oxygen atoms in total. The van der Waals surface area contributed by atoms with Gasteiger partial charge in [-0.2, -0.15) is 0 Å². The Kier molecular flexibility index (Phi) is 11.1. The summed E-state index contributed by atoms with van der Waals surface area (Å²) in [4.78, 5) is 28.0. The molecule has 4 fully saturated rings. The van der Waals surface area contributed by atoms with Gasteiger partial charge in [0.1, 0.15) is 6.10 Å². The minimum atomic E-state index is -0.467. The highest BCUT2D eigenvalue weighted by molar-refractivity contribution is 5.94. The summed E-state index contributed by atoms with van der Waals surface area (Å²) in [5, 5.41) is 0. The lowest BCUT2D eigenvalue weighted by atomic mass is 9.42. The summed E-state index contributed by atoms with van der Waals surface area (Å²) in [6.07, 6.45) is 10.8. The Bertz CT molecular complexity index is 1530. The van der Waals surface area contributed by atoms with Crippen molar-refractivity contribution in [2.24, 2.45) is 69.0 Å². The molecule has 296 valence electrons. The molecular formula is C48H74O5. The van der Waals surface area contributed by atoms with Gasteiger partial charge in [0.2, 0.25) is 0 Å². The Morgan fingerprint density at radius 2 is 1.58 bits per heavy atom. The van der Waals surface area contributed by atoms with Crippen molar-refractivity contribution in [3.05, 3.63) is 47.5 Å². The first-order valence-corrected chi connectivity index (χ1v) is 21.6. The van der Waals surface area contributed by atoms with Crippen LogP contribution < -0.4 is 0 Å². The highest BCUT2D eigenvalue weighted by atomic mass is 16.7. The molecule has 1 aliphatic heterocycles. The number of carbonyl (C=O) groups excluding carboxylic acids is 2. The zero-order chi connectivity index (χ0) is 38.9. The van der Waals surface area contributed by atoms with E-state index in [1.807, 2.05) is 30.3 Å². The molecule has 5 heteroatoms. The van der Waals surface area contributed by atoms with Gasteiger partial charge in [0.15, 0.2) is 12.1 Å². The number of hydrogen-bond acceptors (Lipinski definition) is 5. The lowest BCUT2D eigenvalue weighted by molar-refractivity contribution is -0.283. The summed E-state index contributed by atoms with van der Waals surface area (Å²) in [5.41, 5.74) is 1.20. The Hall–Kier alpha value is -1.98. The fourth-order valence-corrected chi connectivity index (χ4v) is 13.0. The fourth-order valence-electron chi connectivity index (χ4n) is 13.0. The van der Waals surface area contributed by atoms with Crippen molar-refractivity contribution in [1.82, 2.24) is 0 Å². The normalized spacial score (nSPS) is 42.2. The zero-order valence-electron chi connectivity index (χ0n) is 35.7. The van der Waals surface area contributed by atoms with Gasteiger partial charge in [-0.05, 0) is 142 Å². The monoisotopic (exact) mass is 731 g/mol. The second kappa shape index (κ2) is 14.5.